The van der Waals surface area contributed by atoms with Gasteiger partial charge in [-0.05, 0) is 24.1 Å². The third-order valence-corrected chi connectivity index (χ3v) is 3.45. The van der Waals surface area contributed by atoms with Crippen molar-refractivity contribution >= 4 is 23.8 Å². The van der Waals surface area contributed by atoms with Gasteiger partial charge in [0.25, 0.3) is 0 Å². The zero-order valence-electron chi connectivity index (χ0n) is 12.9. The summed E-state index contributed by atoms with van der Waals surface area (Å²) in [6.07, 6.45) is 0.594. The van der Waals surface area contributed by atoms with Crippen LogP contribution in [0.15, 0.2) is 24.3 Å². The minimum absolute atomic E-state index is 0.352. The molecule has 1 saturated heterocycles. The molecule has 0 spiro atoms. The number of likely N-dealkylation sites (N-methyl/N-ethyl adjacent to an activating group) is 1. The number of ether oxygens (including phenoxy) is 1. The Labute approximate surface area is 133 Å². The number of amides is 5. The van der Waals surface area contributed by atoms with E-state index >= 15 is 0 Å². The van der Waals surface area contributed by atoms with E-state index in [4.69, 9.17) is 4.74 Å². The lowest BCUT2D eigenvalue weighted by atomic mass is 10.1. The second kappa shape index (κ2) is 6.91. The maximum atomic E-state index is 11.8. The number of nitrogens with zero attached hydrogens (tertiary/aromatic N) is 2. The molecule has 2 rings (SSSR count). The summed E-state index contributed by atoms with van der Waals surface area (Å²) in [6.45, 7) is -0.110. The number of rotatable bonds is 6. The van der Waals surface area contributed by atoms with Gasteiger partial charge < -0.3 is 10.1 Å². The summed E-state index contributed by atoms with van der Waals surface area (Å²) in [5.74, 6) is -1.66. The first-order chi connectivity index (χ1) is 10.9. The van der Waals surface area contributed by atoms with E-state index in [1.54, 1.807) is 7.11 Å². The summed E-state index contributed by atoms with van der Waals surface area (Å²) < 4.78 is 5.05. The molecule has 1 aromatic carbocycles. The lowest BCUT2D eigenvalue weighted by molar-refractivity contribution is -0.143. The SMILES string of the molecule is COc1ccc(CCNC(=O)CN2C(=O)C(=O)N(C)C2=O)cc1. The summed E-state index contributed by atoms with van der Waals surface area (Å²) in [5.41, 5.74) is 1.01. The summed E-state index contributed by atoms with van der Waals surface area (Å²) in [6, 6.07) is 6.61. The van der Waals surface area contributed by atoms with Crippen LogP contribution in [0.2, 0.25) is 0 Å². The van der Waals surface area contributed by atoms with Gasteiger partial charge in [0.05, 0.1) is 7.11 Å². The number of methoxy groups -OCH3 is 1. The Morgan fingerprint density at radius 2 is 1.78 bits per heavy atom. The van der Waals surface area contributed by atoms with Crippen molar-refractivity contribution in [2.45, 2.75) is 6.42 Å². The molecule has 1 heterocycles. The topological polar surface area (TPSA) is 96.0 Å². The predicted octanol–water partition coefficient (Wildman–Crippen LogP) is -0.225. The van der Waals surface area contributed by atoms with Crippen LogP contribution in [0.5, 0.6) is 5.75 Å². The number of imide groups is 2. The molecular formula is C15H17N3O5. The molecular weight excluding hydrogens is 302 g/mol. The number of hydrogen-bond donors (Lipinski definition) is 1. The molecule has 1 aliphatic rings. The van der Waals surface area contributed by atoms with Crippen LogP contribution in [-0.2, 0) is 20.8 Å². The van der Waals surface area contributed by atoms with Gasteiger partial charge in [-0.1, -0.05) is 12.1 Å². The molecule has 0 unspecified atom stereocenters. The average Bonchev–Trinajstić information content (AvgIpc) is 2.73. The monoisotopic (exact) mass is 319 g/mol. The second-order valence-electron chi connectivity index (χ2n) is 4.99. The highest BCUT2D eigenvalue weighted by atomic mass is 16.5. The molecule has 1 aromatic rings. The number of nitrogens with one attached hydrogen (secondary N) is 1. The number of hydrogen-bond acceptors (Lipinski definition) is 5. The summed E-state index contributed by atoms with van der Waals surface area (Å²) in [7, 11) is 2.78. The van der Waals surface area contributed by atoms with Gasteiger partial charge in [0.2, 0.25) is 5.91 Å². The zero-order valence-corrected chi connectivity index (χ0v) is 12.9. The van der Waals surface area contributed by atoms with E-state index in [9.17, 15) is 19.2 Å². The van der Waals surface area contributed by atoms with Crippen molar-refractivity contribution in [3.8, 4) is 5.75 Å². The second-order valence-corrected chi connectivity index (χ2v) is 4.99. The molecule has 1 fully saturated rings. The molecule has 8 heteroatoms. The fraction of sp³-hybridized carbons (Fsp3) is 0.333. The number of carbonyl (C=O) groups is 4. The Hall–Kier alpha value is -2.90. The largest absolute Gasteiger partial charge is 0.497 e. The smallest absolute Gasteiger partial charge is 0.334 e. The van der Waals surface area contributed by atoms with Crippen molar-refractivity contribution in [1.29, 1.82) is 0 Å². The van der Waals surface area contributed by atoms with Gasteiger partial charge in [-0.25, -0.2) is 9.69 Å². The lowest BCUT2D eigenvalue weighted by Gasteiger charge is -2.12. The summed E-state index contributed by atoms with van der Waals surface area (Å²) >= 11 is 0. The van der Waals surface area contributed by atoms with E-state index in [1.165, 1.54) is 7.05 Å². The highest BCUT2D eigenvalue weighted by Gasteiger charge is 2.42. The molecule has 23 heavy (non-hydrogen) atoms. The maximum Gasteiger partial charge on any atom is 0.334 e. The van der Waals surface area contributed by atoms with E-state index in [0.717, 1.165) is 11.3 Å². The van der Waals surface area contributed by atoms with Crippen LogP contribution in [0.25, 0.3) is 0 Å². The molecule has 1 N–H and O–H groups in total. The molecule has 1 aliphatic heterocycles. The number of carbonyl (C=O) groups excluding carboxylic acids is 4. The lowest BCUT2D eigenvalue weighted by Crippen LogP contribution is -2.41. The zero-order chi connectivity index (χ0) is 17.0. The molecule has 0 aromatic heterocycles. The van der Waals surface area contributed by atoms with E-state index in [1.807, 2.05) is 24.3 Å². The van der Waals surface area contributed by atoms with Gasteiger partial charge in [-0.3, -0.25) is 19.3 Å². The first kappa shape index (κ1) is 16.5. The fourth-order valence-electron chi connectivity index (χ4n) is 2.09. The van der Waals surface area contributed by atoms with Gasteiger partial charge in [0, 0.05) is 13.6 Å². The van der Waals surface area contributed by atoms with E-state index in [2.05, 4.69) is 5.32 Å². The predicted molar refractivity (Wildman–Crippen MR) is 79.6 cm³/mol. The van der Waals surface area contributed by atoms with Crippen LogP contribution in [0.4, 0.5) is 4.79 Å². The Bertz CT molecular complexity index is 641. The Morgan fingerprint density at radius 3 is 2.30 bits per heavy atom. The van der Waals surface area contributed by atoms with Crippen molar-refractivity contribution in [2.75, 3.05) is 27.2 Å². The van der Waals surface area contributed by atoms with E-state index in [-0.39, 0.29) is 0 Å². The van der Waals surface area contributed by atoms with E-state index in [0.29, 0.717) is 22.8 Å². The first-order valence-electron chi connectivity index (χ1n) is 6.97. The van der Waals surface area contributed by atoms with Crippen molar-refractivity contribution in [1.82, 2.24) is 15.1 Å². The number of urea groups is 1. The van der Waals surface area contributed by atoms with Gasteiger partial charge in [-0.2, -0.15) is 0 Å². The van der Waals surface area contributed by atoms with Crippen LogP contribution in [0.1, 0.15) is 5.56 Å². The third kappa shape index (κ3) is 3.65. The van der Waals surface area contributed by atoms with Crippen LogP contribution in [0, 0.1) is 0 Å². The van der Waals surface area contributed by atoms with Crippen molar-refractivity contribution < 1.29 is 23.9 Å². The van der Waals surface area contributed by atoms with Crippen LogP contribution < -0.4 is 10.1 Å². The van der Waals surface area contributed by atoms with Gasteiger partial charge in [-0.15, -0.1) is 0 Å². The fourth-order valence-corrected chi connectivity index (χ4v) is 2.09. The normalized spacial score (nSPS) is 14.4. The molecule has 0 saturated carbocycles. The average molecular weight is 319 g/mol. The highest BCUT2D eigenvalue weighted by Crippen LogP contribution is 2.11. The maximum absolute atomic E-state index is 11.8. The van der Waals surface area contributed by atoms with Crippen LogP contribution in [-0.4, -0.2) is 60.8 Å². The van der Waals surface area contributed by atoms with Gasteiger partial charge >= 0.3 is 17.8 Å². The standard InChI is InChI=1S/C15H17N3O5/c1-17-13(20)14(21)18(15(17)22)9-12(19)16-8-7-10-3-5-11(23-2)6-4-10/h3-6H,7-9H2,1-2H3,(H,16,19). The van der Waals surface area contributed by atoms with E-state index < -0.39 is 30.3 Å². The quantitative estimate of drug-likeness (QED) is 0.577. The van der Waals surface area contributed by atoms with Crippen LogP contribution >= 0.6 is 0 Å². The molecule has 0 radical (unpaired) electrons. The molecule has 122 valence electrons. The minimum Gasteiger partial charge on any atom is -0.497 e. The van der Waals surface area contributed by atoms with Crippen molar-refractivity contribution in [2.24, 2.45) is 0 Å². The molecule has 0 aliphatic carbocycles. The number of benzene rings is 1. The summed E-state index contributed by atoms with van der Waals surface area (Å²) in [4.78, 5) is 47.6. The third-order valence-electron chi connectivity index (χ3n) is 3.45. The van der Waals surface area contributed by atoms with Crippen LogP contribution in [0.3, 0.4) is 0 Å². The Kier molecular flexibility index (Phi) is 4.95. The molecule has 5 amide bonds. The highest BCUT2D eigenvalue weighted by molar-refractivity contribution is 6.44. The Morgan fingerprint density at radius 1 is 1.13 bits per heavy atom. The molecule has 8 nitrogen and oxygen atoms in total. The summed E-state index contributed by atoms with van der Waals surface area (Å²) in [5, 5.41) is 2.61. The minimum atomic E-state index is -0.984. The van der Waals surface area contributed by atoms with Crippen molar-refractivity contribution in [3.63, 3.8) is 0 Å². The van der Waals surface area contributed by atoms with Crippen molar-refractivity contribution in [3.05, 3.63) is 29.8 Å². The molecule has 0 atom stereocenters. The first-order valence-corrected chi connectivity index (χ1v) is 6.97. The Balaban J connectivity index is 1.80. The van der Waals surface area contributed by atoms with Gasteiger partial charge in [0.15, 0.2) is 0 Å². The molecule has 0 bridgehead atoms. The van der Waals surface area contributed by atoms with Gasteiger partial charge in [0.1, 0.15) is 12.3 Å².